The number of methoxy groups -OCH3 is 1. The van der Waals surface area contributed by atoms with Crippen LogP contribution in [0.5, 0.6) is 11.6 Å². The number of H-pyrrole nitrogens is 1. The number of nitrogens with one attached hydrogen (secondary N) is 2. The average Bonchev–Trinajstić information content (AvgIpc) is 3.17. The summed E-state index contributed by atoms with van der Waals surface area (Å²) in [5.41, 5.74) is 3.04. The van der Waals surface area contributed by atoms with Crippen molar-refractivity contribution in [1.82, 2.24) is 20.2 Å². The summed E-state index contributed by atoms with van der Waals surface area (Å²) in [6.07, 6.45) is 1.68. The maximum Gasteiger partial charge on any atom is 0.223 e. The van der Waals surface area contributed by atoms with E-state index in [1.807, 2.05) is 6.07 Å². The molecule has 3 aromatic heterocycles. The zero-order valence-corrected chi connectivity index (χ0v) is 13.7. The number of nitrogens with zero attached hydrogens (tertiary/aromatic N) is 3. The van der Waals surface area contributed by atoms with Crippen LogP contribution < -0.4 is 14.8 Å². The van der Waals surface area contributed by atoms with Gasteiger partial charge in [0.1, 0.15) is 23.7 Å². The zero-order chi connectivity index (χ0) is 16.7. The number of pyridine rings is 1. The molecule has 3 aromatic rings. The molecule has 1 amide bonds. The van der Waals surface area contributed by atoms with Crippen LogP contribution in [0.4, 0.5) is 5.13 Å². The van der Waals surface area contributed by atoms with Gasteiger partial charge in [-0.15, -0.1) is 0 Å². The van der Waals surface area contributed by atoms with Gasteiger partial charge in [0.05, 0.1) is 12.0 Å². The fraction of sp³-hybridized carbons (Fsp3) is 0.200. The van der Waals surface area contributed by atoms with Crippen LogP contribution in [-0.4, -0.2) is 33.2 Å². The number of aromatic amines is 1. The van der Waals surface area contributed by atoms with Crippen molar-refractivity contribution >= 4 is 22.4 Å². The summed E-state index contributed by atoms with van der Waals surface area (Å²) in [6.45, 7) is 1.78. The van der Waals surface area contributed by atoms with E-state index in [1.165, 1.54) is 18.3 Å². The number of anilines is 1. The molecule has 0 bridgehead atoms. The van der Waals surface area contributed by atoms with Crippen LogP contribution in [0, 0.1) is 0 Å². The summed E-state index contributed by atoms with van der Waals surface area (Å²) in [4.78, 5) is 20.7. The Hall–Kier alpha value is -2.94. The lowest BCUT2D eigenvalue weighted by molar-refractivity contribution is -0.114. The van der Waals surface area contributed by atoms with Gasteiger partial charge in [0.25, 0.3) is 0 Å². The third-order valence-corrected chi connectivity index (χ3v) is 4.53. The first-order valence-electron chi connectivity index (χ1n) is 7.15. The summed E-state index contributed by atoms with van der Waals surface area (Å²) >= 11 is 1.39. The Balaban J connectivity index is 1.73. The van der Waals surface area contributed by atoms with E-state index in [2.05, 4.69) is 25.5 Å². The van der Waals surface area contributed by atoms with E-state index in [0.29, 0.717) is 29.1 Å². The number of hydrogen-bond acceptors (Lipinski definition) is 7. The molecule has 122 valence electrons. The van der Waals surface area contributed by atoms with Crippen molar-refractivity contribution in [3.8, 4) is 33.5 Å². The Bertz CT molecular complexity index is 916. The molecule has 1 aliphatic rings. The molecule has 0 saturated carbocycles. The minimum atomic E-state index is -0.156. The molecule has 0 spiro atoms. The quantitative estimate of drug-likeness (QED) is 0.757. The summed E-state index contributed by atoms with van der Waals surface area (Å²) in [6, 6.07) is 3.64. The predicted octanol–water partition coefficient (Wildman–Crippen LogP) is 2.45. The van der Waals surface area contributed by atoms with Crippen LogP contribution in [0.3, 0.4) is 0 Å². The molecule has 8 nitrogen and oxygen atoms in total. The van der Waals surface area contributed by atoms with Gasteiger partial charge in [-0.05, 0) is 6.07 Å². The molecule has 0 atom stereocenters. The van der Waals surface area contributed by atoms with Crippen LogP contribution in [0.15, 0.2) is 18.3 Å². The number of amides is 1. The molecule has 0 aromatic carbocycles. The molecular formula is C15H13N5O3S. The number of ether oxygens (including phenoxy) is 2. The van der Waals surface area contributed by atoms with Crippen molar-refractivity contribution in [2.75, 3.05) is 12.4 Å². The fourth-order valence-electron chi connectivity index (χ4n) is 2.45. The van der Waals surface area contributed by atoms with Gasteiger partial charge in [-0.1, -0.05) is 11.3 Å². The second kappa shape index (κ2) is 5.60. The number of carbonyl (C=O) groups is 1. The van der Waals surface area contributed by atoms with Crippen molar-refractivity contribution in [1.29, 1.82) is 0 Å². The number of fused-ring (bicyclic) bond motifs is 3. The Morgan fingerprint density at radius 3 is 3.04 bits per heavy atom. The Kier molecular flexibility index (Phi) is 3.42. The molecule has 0 unspecified atom stereocenters. The second-order valence-electron chi connectivity index (χ2n) is 5.13. The van der Waals surface area contributed by atoms with Gasteiger partial charge >= 0.3 is 0 Å². The van der Waals surface area contributed by atoms with E-state index >= 15 is 0 Å². The predicted molar refractivity (Wildman–Crippen MR) is 88.1 cm³/mol. The summed E-state index contributed by atoms with van der Waals surface area (Å²) in [5.74, 6) is 1.04. The minimum absolute atomic E-state index is 0.156. The van der Waals surface area contributed by atoms with Crippen molar-refractivity contribution in [2.24, 2.45) is 0 Å². The SMILES string of the molecule is COc1ccc(-c2n[nH]c3c2OCc2nc(NC(C)=O)sc2-3)cn1. The lowest BCUT2D eigenvalue weighted by atomic mass is 10.1. The number of aromatic nitrogens is 4. The van der Waals surface area contributed by atoms with Gasteiger partial charge in [-0.2, -0.15) is 5.10 Å². The molecule has 2 N–H and O–H groups in total. The van der Waals surface area contributed by atoms with Crippen molar-refractivity contribution in [2.45, 2.75) is 13.5 Å². The summed E-state index contributed by atoms with van der Waals surface area (Å²) in [5, 5.41) is 10.6. The standard InChI is InChI=1S/C15H13N5O3S/c1-7(21)17-15-18-9-6-23-13-11(19-20-12(13)14(9)24-15)8-3-4-10(22-2)16-5-8/h3-5H,6H2,1-2H3,(H,19,20)(H,17,18,21). The highest BCUT2D eigenvalue weighted by Gasteiger charge is 2.28. The van der Waals surface area contributed by atoms with E-state index < -0.39 is 0 Å². The minimum Gasteiger partial charge on any atom is -0.483 e. The van der Waals surface area contributed by atoms with Gasteiger partial charge < -0.3 is 14.8 Å². The lowest BCUT2D eigenvalue weighted by Crippen LogP contribution is -2.06. The summed E-state index contributed by atoms with van der Waals surface area (Å²) in [7, 11) is 1.57. The first-order valence-corrected chi connectivity index (χ1v) is 7.96. The van der Waals surface area contributed by atoms with Gasteiger partial charge in [0, 0.05) is 24.8 Å². The molecule has 4 heterocycles. The maximum atomic E-state index is 11.2. The van der Waals surface area contributed by atoms with E-state index in [-0.39, 0.29) is 5.91 Å². The first-order chi connectivity index (χ1) is 11.7. The zero-order valence-electron chi connectivity index (χ0n) is 12.9. The van der Waals surface area contributed by atoms with Crippen molar-refractivity contribution in [3.63, 3.8) is 0 Å². The molecule has 9 heteroatoms. The average molecular weight is 343 g/mol. The van der Waals surface area contributed by atoms with Crippen LogP contribution in [0.2, 0.25) is 0 Å². The number of thiazole rings is 1. The largest absolute Gasteiger partial charge is 0.483 e. The van der Waals surface area contributed by atoms with Crippen molar-refractivity contribution in [3.05, 3.63) is 24.0 Å². The third-order valence-electron chi connectivity index (χ3n) is 3.50. The van der Waals surface area contributed by atoms with Crippen LogP contribution in [0.1, 0.15) is 12.6 Å². The van der Waals surface area contributed by atoms with Gasteiger partial charge in [0.2, 0.25) is 11.8 Å². The van der Waals surface area contributed by atoms with Gasteiger partial charge in [-0.3, -0.25) is 9.89 Å². The Morgan fingerprint density at radius 1 is 1.46 bits per heavy atom. The molecule has 0 fully saturated rings. The molecule has 1 aliphatic heterocycles. The van der Waals surface area contributed by atoms with E-state index in [4.69, 9.17) is 9.47 Å². The number of hydrogen-bond donors (Lipinski definition) is 2. The molecule has 0 radical (unpaired) electrons. The smallest absolute Gasteiger partial charge is 0.223 e. The van der Waals surface area contributed by atoms with Crippen LogP contribution >= 0.6 is 11.3 Å². The van der Waals surface area contributed by atoms with E-state index in [9.17, 15) is 4.79 Å². The monoisotopic (exact) mass is 343 g/mol. The molecule has 0 aliphatic carbocycles. The van der Waals surface area contributed by atoms with Crippen molar-refractivity contribution < 1.29 is 14.3 Å². The third kappa shape index (κ3) is 2.38. The maximum absolute atomic E-state index is 11.2. The molecule has 24 heavy (non-hydrogen) atoms. The number of carbonyl (C=O) groups excluding carboxylic acids is 1. The topological polar surface area (TPSA) is 102 Å². The number of rotatable bonds is 3. The molecule has 4 rings (SSSR count). The van der Waals surface area contributed by atoms with Crippen LogP contribution in [-0.2, 0) is 11.4 Å². The normalized spacial score (nSPS) is 12.1. The van der Waals surface area contributed by atoms with Gasteiger partial charge in [-0.25, -0.2) is 9.97 Å². The molecule has 0 saturated heterocycles. The second-order valence-corrected chi connectivity index (χ2v) is 6.13. The highest BCUT2D eigenvalue weighted by atomic mass is 32.1. The van der Waals surface area contributed by atoms with E-state index in [0.717, 1.165) is 21.8 Å². The highest BCUT2D eigenvalue weighted by Crippen LogP contribution is 2.45. The fourth-order valence-corrected chi connectivity index (χ4v) is 3.46. The van der Waals surface area contributed by atoms with Gasteiger partial charge in [0.15, 0.2) is 10.9 Å². The first kappa shape index (κ1) is 14.6. The van der Waals surface area contributed by atoms with Crippen LogP contribution in [0.25, 0.3) is 21.8 Å². The summed E-state index contributed by atoms with van der Waals surface area (Å²) < 4.78 is 10.9. The Labute approximate surface area is 140 Å². The lowest BCUT2D eigenvalue weighted by Gasteiger charge is -2.13. The highest BCUT2D eigenvalue weighted by molar-refractivity contribution is 7.19. The van der Waals surface area contributed by atoms with E-state index in [1.54, 1.807) is 19.4 Å². The Morgan fingerprint density at radius 2 is 2.33 bits per heavy atom. The molecular weight excluding hydrogens is 330 g/mol.